The smallest absolute Gasteiger partial charge is 0.308 e. The van der Waals surface area contributed by atoms with Crippen LogP contribution in [0, 0.1) is 17.8 Å². The van der Waals surface area contributed by atoms with Gasteiger partial charge in [0.25, 0.3) is 0 Å². The average molecular weight is 345 g/mol. The summed E-state index contributed by atoms with van der Waals surface area (Å²) in [5.74, 6) is 0.390. The minimum Gasteiger partial charge on any atom is -0.415 e. The highest BCUT2D eigenvalue weighted by atomic mass is 32.2. The number of nitrogens with one attached hydrogen (secondary N) is 1. The number of rotatable bonds is 7. The summed E-state index contributed by atoms with van der Waals surface area (Å²) in [4.78, 5) is 12.1. The standard InChI is InChI=1S/C15H27N3O4S/c1-9(2)11(10(3)4)8-16-12(19)13-17-18-14(22-13)15(5,6)23(7,20)21/h9-11H,8H2,1-7H3,(H,16,19). The number of sulfone groups is 1. The summed E-state index contributed by atoms with van der Waals surface area (Å²) in [6.45, 7) is 11.9. The Morgan fingerprint density at radius 3 is 2.13 bits per heavy atom. The summed E-state index contributed by atoms with van der Waals surface area (Å²) < 4.78 is 27.5. The van der Waals surface area contributed by atoms with Gasteiger partial charge in [-0.15, -0.1) is 10.2 Å². The Hall–Kier alpha value is -1.44. The molecule has 0 unspecified atom stereocenters. The number of hydrogen-bond donors (Lipinski definition) is 1. The molecule has 0 saturated heterocycles. The van der Waals surface area contributed by atoms with Crippen molar-refractivity contribution in [3.05, 3.63) is 11.8 Å². The van der Waals surface area contributed by atoms with E-state index in [0.29, 0.717) is 24.3 Å². The SMILES string of the molecule is CC(C)C(CNC(=O)c1nnc(C(C)(C)S(C)(=O)=O)o1)C(C)C. The van der Waals surface area contributed by atoms with Gasteiger partial charge in [0.05, 0.1) is 0 Å². The molecule has 0 aromatic carbocycles. The largest absolute Gasteiger partial charge is 0.415 e. The van der Waals surface area contributed by atoms with Crippen molar-refractivity contribution in [2.45, 2.75) is 46.3 Å². The molecule has 0 aliphatic heterocycles. The summed E-state index contributed by atoms with van der Waals surface area (Å²) in [5, 5.41) is 10.2. The van der Waals surface area contributed by atoms with E-state index in [-0.39, 0.29) is 11.8 Å². The minimum atomic E-state index is -3.44. The van der Waals surface area contributed by atoms with E-state index >= 15 is 0 Å². The van der Waals surface area contributed by atoms with Gasteiger partial charge in [0.2, 0.25) is 5.89 Å². The van der Waals surface area contributed by atoms with Crippen LogP contribution in [0.25, 0.3) is 0 Å². The normalized spacial score (nSPS) is 13.1. The zero-order valence-electron chi connectivity index (χ0n) is 14.9. The molecule has 1 rings (SSSR count). The number of carbonyl (C=O) groups is 1. The highest BCUT2D eigenvalue weighted by Crippen LogP contribution is 2.27. The van der Waals surface area contributed by atoms with E-state index in [2.05, 4.69) is 43.2 Å². The molecule has 0 saturated carbocycles. The fraction of sp³-hybridized carbons (Fsp3) is 0.800. The monoisotopic (exact) mass is 345 g/mol. The topological polar surface area (TPSA) is 102 Å². The lowest BCUT2D eigenvalue weighted by Gasteiger charge is -2.24. The van der Waals surface area contributed by atoms with Gasteiger partial charge < -0.3 is 9.73 Å². The summed E-state index contributed by atoms with van der Waals surface area (Å²) in [5.41, 5.74) is 0. The molecule has 7 nitrogen and oxygen atoms in total. The van der Waals surface area contributed by atoms with E-state index in [9.17, 15) is 13.2 Å². The number of hydrogen-bond acceptors (Lipinski definition) is 6. The molecule has 1 N–H and O–H groups in total. The van der Waals surface area contributed by atoms with Gasteiger partial charge in [-0.05, 0) is 31.6 Å². The molecule has 132 valence electrons. The zero-order valence-corrected chi connectivity index (χ0v) is 15.7. The number of aromatic nitrogens is 2. The van der Waals surface area contributed by atoms with Crippen molar-refractivity contribution in [3.63, 3.8) is 0 Å². The average Bonchev–Trinajstić information content (AvgIpc) is 2.86. The molecular weight excluding hydrogens is 318 g/mol. The van der Waals surface area contributed by atoms with E-state index < -0.39 is 20.5 Å². The minimum absolute atomic E-state index is 0.0885. The Labute approximate surface area is 138 Å². The molecule has 1 heterocycles. The second-order valence-electron chi connectivity index (χ2n) is 7.06. The summed E-state index contributed by atoms with van der Waals surface area (Å²) in [7, 11) is -3.44. The van der Waals surface area contributed by atoms with Crippen molar-refractivity contribution in [3.8, 4) is 0 Å². The lowest BCUT2D eigenvalue weighted by molar-refractivity contribution is 0.0899. The zero-order chi connectivity index (χ0) is 18.0. The van der Waals surface area contributed by atoms with Crippen LogP contribution in [0.4, 0.5) is 0 Å². The van der Waals surface area contributed by atoms with Crippen LogP contribution < -0.4 is 5.32 Å². The molecule has 0 fully saturated rings. The third kappa shape index (κ3) is 4.53. The van der Waals surface area contributed by atoms with E-state index in [1.165, 1.54) is 13.8 Å². The van der Waals surface area contributed by atoms with Crippen molar-refractivity contribution in [1.82, 2.24) is 15.5 Å². The Bertz CT molecular complexity index is 639. The van der Waals surface area contributed by atoms with Gasteiger partial charge in [-0.3, -0.25) is 4.79 Å². The van der Waals surface area contributed by atoms with Crippen LogP contribution in [-0.4, -0.2) is 37.3 Å². The maximum Gasteiger partial charge on any atom is 0.308 e. The van der Waals surface area contributed by atoms with Crippen molar-refractivity contribution in [2.24, 2.45) is 17.8 Å². The first-order chi connectivity index (χ1) is 10.4. The summed E-state index contributed by atoms with van der Waals surface area (Å²) in [6.07, 6.45) is 1.09. The van der Waals surface area contributed by atoms with Crippen LogP contribution in [0.15, 0.2) is 4.42 Å². The highest BCUT2D eigenvalue weighted by Gasteiger charge is 2.38. The summed E-state index contributed by atoms with van der Waals surface area (Å²) >= 11 is 0. The van der Waals surface area contributed by atoms with Crippen LogP contribution in [0.1, 0.15) is 58.1 Å². The molecule has 1 aromatic rings. The van der Waals surface area contributed by atoms with Crippen molar-refractivity contribution in [2.75, 3.05) is 12.8 Å². The number of amides is 1. The lowest BCUT2D eigenvalue weighted by Crippen LogP contribution is -2.34. The molecular formula is C15H27N3O4S. The van der Waals surface area contributed by atoms with Gasteiger partial charge in [-0.2, -0.15) is 0 Å². The third-order valence-electron chi connectivity index (χ3n) is 4.27. The molecule has 0 spiro atoms. The van der Waals surface area contributed by atoms with E-state index in [4.69, 9.17) is 4.42 Å². The van der Waals surface area contributed by atoms with Crippen molar-refractivity contribution in [1.29, 1.82) is 0 Å². The van der Waals surface area contributed by atoms with Gasteiger partial charge in [-0.25, -0.2) is 8.42 Å². The first kappa shape index (κ1) is 19.6. The van der Waals surface area contributed by atoms with Crippen LogP contribution in [0.3, 0.4) is 0 Å². The molecule has 23 heavy (non-hydrogen) atoms. The Morgan fingerprint density at radius 2 is 1.70 bits per heavy atom. The van der Waals surface area contributed by atoms with E-state index in [1.807, 2.05) is 0 Å². The van der Waals surface area contributed by atoms with Crippen LogP contribution in [-0.2, 0) is 14.6 Å². The van der Waals surface area contributed by atoms with Crippen LogP contribution in [0.2, 0.25) is 0 Å². The maximum atomic E-state index is 12.1. The Kier molecular flexibility index (Phi) is 5.95. The predicted molar refractivity (Wildman–Crippen MR) is 87.7 cm³/mol. The fourth-order valence-corrected chi connectivity index (χ4v) is 2.64. The first-order valence-electron chi connectivity index (χ1n) is 7.69. The quantitative estimate of drug-likeness (QED) is 0.811. The Balaban J connectivity index is 2.84. The fourth-order valence-electron chi connectivity index (χ4n) is 2.24. The van der Waals surface area contributed by atoms with E-state index in [1.54, 1.807) is 0 Å². The molecule has 0 aliphatic carbocycles. The highest BCUT2D eigenvalue weighted by molar-refractivity contribution is 7.91. The van der Waals surface area contributed by atoms with Gasteiger partial charge in [0.1, 0.15) is 4.75 Å². The summed E-state index contributed by atoms with van der Waals surface area (Å²) in [6, 6.07) is 0. The van der Waals surface area contributed by atoms with Gasteiger partial charge in [0, 0.05) is 12.8 Å². The van der Waals surface area contributed by atoms with Crippen LogP contribution in [0.5, 0.6) is 0 Å². The van der Waals surface area contributed by atoms with Gasteiger partial charge in [0.15, 0.2) is 9.84 Å². The lowest BCUT2D eigenvalue weighted by atomic mass is 9.85. The molecule has 8 heteroatoms. The molecule has 1 amide bonds. The second-order valence-corrected chi connectivity index (χ2v) is 9.62. The maximum absolute atomic E-state index is 12.1. The van der Waals surface area contributed by atoms with Crippen molar-refractivity contribution >= 4 is 15.7 Å². The number of nitrogens with zero attached hydrogens (tertiary/aromatic N) is 2. The second kappa shape index (κ2) is 6.98. The van der Waals surface area contributed by atoms with Crippen LogP contribution >= 0.6 is 0 Å². The van der Waals surface area contributed by atoms with Gasteiger partial charge in [-0.1, -0.05) is 27.7 Å². The predicted octanol–water partition coefficient (Wildman–Crippen LogP) is 2.01. The first-order valence-corrected chi connectivity index (χ1v) is 9.58. The molecule has 0 radical (unpaired) electrons. The molecule has 0 aliphatic rings. The Morgan fingerprint density at radius 1 is 1.17 bits per heavy atom. The number of carbonyl (C=O) groups excluding carboxylic acids is 1. The third-order valence-corrected chi connectivity index (χ3v) is 6.30. The molecule has 0 bridgehead atoms. The molecule has 0 atom stereocenters. The van der Waals surface area contributed by atoms with Gasteiger partial charge >= 0.3 is 11.8 Å². The molecule has 1 aromatic heterocycles. The van der Waals surface area contributed by atoms with Crippen molar-refractivity contribution < 1.29 is 17.6 Å². The van der Waals surface area contributed by atoms with E-state index in [0.717, 1.165) is 6.26 Å².